The van der Waals surface area contributed by atoms with Gasteiger partial charge in [0, 0.05) is 0 Å². The van der Waals surface area contributed by atoms with Gasteiger partial charge in [-0.3, -0.25) is 0 Å². The maximum Gasteiger partial charge on any atom is 0.455 e. The Morgan fingerprint density at radius 1 is 0.579 bits per heavy atom. The van der Waals surface area contributed by atoms with E-state index in [4.69, 9.17) is 0 Å². The SMILES string of the molecule is FC(F)(F)C1(F)OC(C(F)(F)F)(C(F)(F)F)C1(F)F. The van der Waals surface area contributed by atoms with E-state index in [1.165, 1.54) is 0 Å². The molecule has 0 N–H and O–H groups in total. The van der Waals surface area contributed by atoms with E-state index in [9.17, 15) is 52.7 Å². The predicted octanol–water partition coefficient (Wildman–Crippen LogP) is 3.74. The molecule has 1 saturated heterocycles. The average Bonchev–Trinajstić information content (AvgIpc) is 2.06. The smallest absolute Gasteiger partial charge is 0.304 e. The molecule has 1 atom stereocenters. The molecule has 0 saturated carbocycles. The van der Waals surface area contributed by atoms with Crippen LogP contribution in [0.15, 0.2) is 0 Å². The number of ether oxygens (including phenoxy) is 1. The van der Waals surface area contributed by atoms with Crippen LogP contribution in [-0.2, 0) is 4.74 Å². The molecule has 0 radical (unpaired) electrons. The molecule has 13 heteroatoms. The highest BCUT2D eigenvalue weighted by atomic mass is 19.4. The van der Waals surface area contributed by atoms with Gasteiger partial charge in [0.2, 0.25) is 0 Å². The van der Waals surface area contributed by atoms with Crippen LogP contribution in [0.4, 0.5) is 52.7 Å². The van der Waals surface area contributed by atoms with Gasteiger partial charge in [-0.1, -0.05) is 0 Å². The summed E-state index contributed by atoms with van der Waals surface area (Å²) < 4.78 is 148. The molecule has 0 aromatic rings. The van der Waals surface area contributed by atoms with Crippen LogP contribution in [-0.4, -0.2) is 35.9 Å². The summed E-state index contributed by atoms with van der Waals surface area (Å²) >= 11 is 0. The first-order chi connectivity index (χ1) is 7.96. The maximum atomic E-state index is 12.7. The van der Waals surface area contributed by atoms with Crippen molar-refractivity contribution in [2.24, 2.45) is 0 Å². The third kappa shape index (κ3) is 1.56. The van der Waals surface area contributed by atoms with Crippen LogP contribution in [0.2, 0.25) is 0 Å². The molecule has 1 fully saturated rings. The van der Waals surface area contributed by atoms with Crippen LogP contribution >= 0.6 is 0 Å². The quantitative estimate of drug-likeness (QED) is 0.619. The van der Waals surface area contributed by atoms with Crippen LogP contribution in [0.25, 0.3) is 0 Å². The van der Waals surface area contributed by atoms with Gasteiger partial charge in [-0.25, -0.2) is 0 Å². The summed E-state index contributed by atoms with van der Waals surface area (Å²) in [5, 5.41) is 0. The van der Waals surface area contributed by atoms with Crippen molar-refractivity contribution in [1.82, 2.24) is 0 Å². The van der Waals surface area contributed by atoms with Gasteiger partial charge in [0.15, 0.2) is 0 Å². The molecule has 0 amide bonds. The monoisotopic (exact) mass is 316 g/mol. The van der Waals surface area contributed by atoms with Crippen molar-refractivity contribution in [2.45, 2.75) is 35.9 Å². The van der Waals surface area contributed by atoms with E-state index in [1.54, 1.807) is 0 Å². The zero-order valence-corrected chi connectivity index (χ0v) is 7.94. The second-order valence-electron chi connectivity index (χ2n) is 3.45. The fraction of sp³-hybridized carbons (Fsp3) is 1.00. The highest BCUT2D eigenvalue weighted by Gasteiger charge is 3.03. The Bertz CT molecular complexity index is 359. The van der Waals surface area contributed by atoms with E-state index in [0.29, 0.717) is 0 Å². The number of rotatable bonds is 0. The Morgan fingerprint density at radius 2 is 0.895 bits per heavy atom. The molecule has 1 aliphatic heterocycles. The summed E-state index contributed by atoms with van der Waals surface area (Å²) in [5.41, 5.74) is -6.54. The van der Waals surface area contributed by atoms with Gasteiger partial charge in [0.05, 0.1) is 0 Å². The number of alkyl halides is 12. The van der Waals surface area contributed by atoms with E-state index in [0.717, 1.165) is 0 Å². The molecule has 19 heavy (non-hydrogen) atoms. The molecular formula is C6F12O. The van der Waals surface area contributed by atoms with Crippen molar-refractivity contribution in [2.75, 3.05) is 0 Å². The van der Waals surface area contributed by atoms with Gasteiger partial charge in [0.1, 0.15) is 0 Å². The maximum absolute atomic E-state index is 12.7. The molecule has 0 aromatic heterocycles. The highest BCUT2D eigenvalue weighted by Crippen LogP contribution is 2.70. The van der Waals surface area contributed by atoms with Gasteiger partial charge >= 0.3 is 35.9 Å². The van der Waals surface area contributed by atoms with E-state index in [-0.39, 0.29) is 0 Å². The molecule has 1 heterocycles. The summed E-state index contributed by atoms with van der Waals surface area (Å²) in [4.78, 5) is 0. The molecule has 0 bridgehead atoms. The lowest BCUT2D eigenvalue weighted by molar-refractivity contribution is -0.605. The van der Waals surface area contributed by atoms with Crippen LogP contribution in [0.1, 0.15) is 0 Å². The largest absolute Gasteiger partial charge is 0.455 e. The Balaban J connectivity index is 3.47. The minimum absolute atomic E-state index is 2.03. The van der Waals surface area contributed by atoms with Gasteiger partial charge in [-0.2, -0.15) is 52.7 Å². The topological polar surface area (TPSA) is 9.23 Å². The number of halogens is 12. The van der Waals surface area contributed by atoms with Crippen LogP contribution < -0.4 is 0 Å². The molecule has 0 aliphatic carbocycles. The molecular weight excluding hydrogens is 316 g/mol. The summed E-state index contributed by atoms with van der Waals surface area (Å²) in [6, 6.07) is 0. The van der Waals surface area contributed by atoms with Gasteiger partial charge in [-0.15, -0.1) is 0 Å². The fourth-order valence-corrected chi connectivity index (χ4v) is 1.39. The van der Waals surface area contributed by atoms with Crippen molar-refractivity contribution < 1.29 is 57.4 Å². The minimum Gasteiger partial charge on any atom is -0.304 e. The zero-order valence-electron chi connectivity index (χ0n) is 7.94. The number of hydrogen-bond donors (Lipinski definition) is 0. The Kier molecular flexibility index (Phi) is 2.90. The first-order valence-electron chi connectivity index (χ1n) is 3.93. The van der Waals surface area contributed by atoms with E-state index in [2.05, 4.69) is 0 Å². The molecule has 1 rings (SSSR count). The van der Waals surface area contributed by atoms with Crippen molar-refractivity contribution >= 4 is 0 Å². The Hall–Kier alpha value is -0.880. The predicted molar refractivity (Wildman–Crippen MR) is 30.8 cm³/mol. The van der Waals surface area contributed by atoms with E-state index in [1.807, 2.05) is 4.74 Å². The first kappa shape index (κ1) is 16.2. The van der Waals surface area contributed by atoms with E-state index < -0.39 is 35.9 Å². The minimum atomic E-state index is -7.00. The molecule has 0 aromatic carbocycles. The highest BCUT2D eigenvalue weighted by molar-refractivity contribution is 5.22. The molecule has 0 spiro atoms. The lowest BCUT2D eigenvalue weighted by Gasteiger charge is -2.56. The normalized spacial score (nSPS) is 30.9. The summed E-state index contributed by atoms with van der Waals surface area (Å²) in [6.07, 6.45) is -20.8. The van der Waals surface area contributed by atoms with Crippen molar-refractivity contribution in [3.8, 4) is 0 Å². The van der Waals surface area contributed by atoms with Crippen LogP contribution in [0.3, 0.4) is 0 Å². The second-order valence-corrected chi connectivity index (χ2v) is 3.45. The summed E-state index contributed by atoms with van der Waals surface area (Å²) in [7, 11) is 0. The Labute approximate surface area is 94.7 Å². The zero-order chi connectivity index (χ0) is 15.7. The fourth-order valence-electron chi connectivity index (χ4n) is 1.39. The summed E-state index contributed by atoms with van der Waals surface area (Å²) in [5.74, 6) is -13.3. The molecule has 114 valence electrons. The Morgan fingerprint density at radius 3 is 1.05 bits per heavy atom. The first-order valence-corrected chi connectivity index (χ1v) is 3.93. The number of hydrogen-bond acceptors (Lipinski definition) is 1. The third-order valence-electron chi connectivity index (χ3n) is 2.30. The molecule has 1 unspecified atom stereocenters. The molecule has 1 nitrogen and oxygen atoms in total. The van der Waals surface area contributed by atoms with Crippen molar-refractivity contribution in [1.29, 1.82) is 0 Å². The van der Waals surface area contributed by atoms with Gasteiger partial charge < -0.3 is 4.74 Å². The van der Waals surface area contributed by atoms with Gasteiger partial charge in [0.25, 0.3) is 0 Å². The average molecular weight is 316 g/mol. The van der Waals surface area contributed by atoms with Gasteiger partial charge in [-0.05, 0) is 0 Å². The third-order valence-corrected chi connectivity index (χ3v) is 2.30. The standard InChI is InChI=1S/C6F12O/c7-2(8)1(4(10,11)12,5(13,14)15)19-3(2,9)6(16,17)18. The van der Waals surface area contributed by atoms with Crippen LogP contribution in [0, 0.1) is 0 Å². The molecule has 1 aliphatic rings. The lowest BCUT2D eigenvalue weighted by Crippen LogP contribution is -2.88. The lowest BCUT2D eigenvalue weighted by atomic mass is 9.80. The van der Waals surface area contributed by atoms with Crippen molar-refractivity contribution in [3.63, 3.8) is 0 Å². The van der Waals surface area contributed by atoms with E-state index >= 15 is 0 Å². The van der Waals surface area contributed by atoms with Crippen LogP contribution in [0.5, 0.6) is 0 Å². The summed E-state index contributed by atoms with van der Waals surface area (Å²) in [6.45, 7) is 0. The second kappa shape index (κ2) is 3.41. The van der Waals surface area contributed by atoms with Crippen molar-refractivity contribution in [3.05, 3.63) is 0 Å².